The van der Waals surface area contributed by atoms with Gasteiger partial charge < -0.3 is 24.6 Å². The first kappa shape index (κ1) is 30.0. The highest BCUT2D eigenvalue weighted by Gasteiger charge is 2.51. The number of likely N-dealkylation sites (N-methyl/N-ethyl adjacent to an activating group) is 1. The van der Waals surface area contributed by atoms with Crippen LogP contribution in [0.15, 0.2) is 66.7 Å². The molecule has 0 radical (unpaired) electrons. The van der Waals surface area contributed by atoms with E-state index in [2.05, 4.69) is 29.4 Å². The molecule has 2 amide bonds. The van der Waals surface area contributed by atoms with Gasteiger partial charge in [0.25, 0.3) is 0 Å². The van der Waals surface area contributed by atoms with Crippen molar-refractivity contribution in [2.24, 2.45) is 0 Å². The predicted octanol–water partition coefficient (Wildman–Crippen LogP) is 7.60. The first-order chi connectivity index (χ1) is 20.1. The van der Waals surface area contributed by atoms with Crippen molar-refractivity contribution in [1.82, 2.24) is 9.80 Å². The van der Waals surface area contributed by atoms with Crippen LogP contribution < -0.4 is 14.8 Å². The molecule has 3 atom stereocenters. The van der Waals surface area contributed by atoms with Crippen LogP contribution in [-0.2, 0) is 18.1 Å². The van der Waals surface area contributed by atoms with Crippen LogP contribution in [0.5, 0.6) is 11.5 Å². The zero-order valence-electron chi connectivity index (χ0n) is 23.9. The first-order valence-electron chi connectivity index (χ1n) is 14.0. The number of carbonyl (C=O) groups excluding carboxylic acids is 1. The summed E-state index contributed by atoms with van der Waals surface area (Å²) >= 11 is 5.81. The Morgan fingerprint density at radius 2 is 1.79 bits per heavy atom. The molecule has 6 nitrogen and oxygen atoms in total. The number of rotatable bonds is 7. The molecule has 1 saturated carbocycles. The van der Waals surface area contributed by atoms with Crippen molar-refractivity contribution in [3.05, 3.63) is 88.4 Å². The molecule has 1 N–H and O–H groups in total. The average molecular weight is 602 g/mol. The number of alkyl halides is 3. The van der Waals surface area contributed by atoms with E-state index in [0.717, 1.165) is 49.9 Å². The summed E-state index contributed by atoms with van der Waals surface area (Å²) in [5, 5.41) is 2.31. The number of nitrogens with one attached hydrogen (secondary N) is 1. The monoisotopic (exact) mass is 601 g/mol. The topological polar surface area (TPSA) is 54.0 Å². The van der Waals surface area contributed by atoms with Gasteiger partial charge in [-0.05, 0) is 80.7 Å². The van der Waals surface area contributed by atoms with Gasteiger partial charge in [-0.15, -0.1) is 0 Å². The third kappa shape index (κ3) is 5.90. The SMILES string of the molecule is COc1ccc([C@@]23CC[C@H](N(Cc4ccccc4)C(=O)Nc4ccc(Cl)c(C(F)(F)F)c4)C[C@H]2N(C)CC3)cc1OC. The fourth-order valence-corrected chi connectivity index (χ4v) is 6.91. The molecule has 3 aromatic rings. The summed E-state index contributed by atoms with van der Waals surface area (Å²) < 4.78 is 51.6. The van der Waals surface area contributed by atoms with Crippen LogP contribution in [0.1, 0.15) is 42.4 Å². The lowest BCUT2D eigenvalue weighted by Crippen LogP contribution is -2.53. The van der Waals surface area contributed by atoms with E-state index in [9.17, 15) is 18.0 Å². The van der Waals surface area contributed by atoms with Gasteiger partial charge in [0.2, 0.25) is 0 Å². The van der Waals surface area contributed by atoms with Crippen molar-refractivity contribution in [2.45, 2.75) is 55.9 Å². The fraction of sp³-hybridized carbons (Fsp3) is 0.406. The largest absolute Gasteiger partial charge is 0.493 e. The van der Waals surface area contributed by atoms with Gasteiger partial charge in [0, 0.05) is 29.7 Å². The Bertz CT molecular complexity index is 1420. The van der Waals surface area contributed by atoms with Crippen molar-refractivity contribution in [3.8, 4) is 11.5 Å². The van der Waals surface area contributed by atoms with E-state index in [1.54, 1.807) is 19.1 Å². The Labute approximate surface area is 249 Å². The molecule has 42 heavy (non-hydrogen) atoms. The van der Waals surface area contributed by atoms with Crippen molar-refractivity contribution in [2.75, 3.05) is 33.1 Å². The Kier molecular flexibility index (Phi) is 8.62. The summed E-state index contributed by atoms with van der Waals surface area (Å²) in [4.78, 5) is 17.9. The number of likely N-dealkylation sites (tertiary alicyclic amines) is 1. The molecule has 2 aliphatic rings. The lowest BCUT2D eigenvalue weighted by molar-refractivity contribution is -0.137. The summed E-state index contributed by atoms with van der Waals surface area (Å²) in [6.07, 6.45) is -1.34. The molecule has 1 saturated heterocycles. The Balaban J connectivity index is 1.44. The van der Waals surface area contributed by atoms with Crippen molar-refractivity contribution >= 4 is 23.3 Å². The van der Waals surface area contributed by atoms with Crippen LogP contribution in [0.3, 0.4) is 0 Å². The first-order valence-corrected chi connectivity index (χ1v) is 14.3. The van der Waals surface area contributed by atoms with E-state index >= 15 is 0 Å². The second-order valence-electron chi connectivity index (χ2n) is 11.1. The maximum atomic E-state index is 13.8. The second-order valence-corrected chi connectivity index (χ2v) is 11.5. The molecule has 10 heteroatoms. The molecular weight excluding hydrogens is 567 g/mol. The smallest absolute Gasteiger partial charge is 0.417 e. The number of nitrogens with zero attached hydrogens (tertiary/aromatic N) is 2. The summed E-state index contributed by atoms with van der Waals surface area (Å²) in [5.41, 5.74) is 1.08. The third-order valence-electron chi connectivity index (χ3n) is 8.88. The zero-order chi connectivity index (χ0) is 30.1. The Morgan fingerprint density at radius 3 is 2.48 bits per heavy atom. The number of ether oxygens (including phenoxy) is 2. The molecule has 224 valence electrons. The quantitative estimate of drug-likeness (QED) is 0.303. The highest BCUT2D eigenvalue weighted by Crippen LogP contribution is 2.51. The summed E-state index contributed by atoms with van der Waals surface area (Å²) in [5.74, 6) is 1.36. The van der Waals surface area contributed by atoms with Gasteiger partial charge >= 0.3 is 12.2 Å². The van der Waals surface area contributed by atoms with Crippen molar-refractivity contribution in [1.29, 1.82) is 0 Å². The maximum Gasteiger partial charge on any atom is 0.417 e. The van der Waals surface area contributed by atoms with Crippen LogP contribution in [0.25, 0.3) is 0 Å². The van der Waals surface area contributed by atoms with E-state index in [-0.39, 0.29) is 23.2 Å². The van der Waals surface area contributed by atoms with Gasteiger partial charge in [-0.2, -0.15) is 13.2 Å². The second kappa shape index (κ2) is 12.1. The van der Waals surface area contributed by atoms with E-state index in [1.807, 2.05) is 36.4 Å². The van der Waals surface area contributed by atoms with Gasteiger partial charge in [-0.25, -0.2) is 4.79 Å². The van der Waals surface area contributed by atoms with E-state index in [4.69, 9.17) is 21.1 Å². The molecule has 0 unspecified atom stereocenters. The summed E-state index contributed by atoms with van der Waals surface area (Å²) in [6.45, 7) is 1.25. The predicted molar refractivity (Wildman–Crippen MR) is 157 cm³/mol. The van der Waals surface area contributed by atoms with Crippen LogP contribution in [0.2, 0.25) is 5.02 Å². The fourth-order valence-electron chi connectivity index (χ4n) is 6.69. The number of hydrogen-bond acceptors (Lipinski definition) is 4. The van der Waals surface area contributed by atoms with Gasteiger partial charge in [0.15, 0.2) is 11.5 Å². The number of amides is 2. The van der Waals surface area contributed by atoms with E-state index in [1.165, 1.54) is 11.6 Å². The number of fused-ring (bicyclic) bond motifs is 1. The normalized spacial score (nSPS) is 22.4. The summed E-state index contributed by atoms with van der Waals surface area (Å²) in [6, 6.07) is 18.8. The van der Waals surface area contributed by atoms with Gasteiger partial charge in [-0.1, -0.05) is 48.0 Å². The van der Waals surface area contributed by atoms with Crippen LogP contribution in [0.4, 0.5) is 23.7 Å². The Hall–Kier alpha value is -3.43. The van der Waals surface area contributed by atoms with Crippen LogP contribution in [0, 0.1) is 0 Å². The molecule has 0 spiro atoms. The number of hydrogen-bond donors (Lipinski definition) is 1. The van der Waals surface area contributed by atoms with Crippen LogP contribution in [-0.4, -0.2) is 55.7 Å². The molecule has 1 heterocycles. The van der Waals surface area contributed by atoms with E-state index in [0.29, 0.717) is 18.0 Å². The summed E-state index contributed by atoms with van der Waals surface area (Å²) in [7, 11) is 5.36. The third-order valence-corrected chi connectivity index (χ3v) is 9.21. The number of anilines is 1. The standard InChI is InChI=1S/C32H35ClF3N3O3/c1-38-16-15-31(22-9-12-27(41-2)28(17-22)42-3)14-13-24(19-29(31)38)39(20-21-7-5-4-6-8-21)30(40)37-23-10-11-26(33)25(18-23)32(34,35)36/h4-12,17-18,24,29H,13-16,19-20H2,1-3H3,(H,37,40)/t24-,29+,31-/m0/s1. The highest BCUT2D eigenvalue weighted by atomic mass is 35.5. The maximum absolute atomic E-state index is 13.8. The van der Waals surface area contributed by atoms with Crippen molar-refractivity contribution < 1.29 is 27.4 Å². The lowest BCUT2D eigenvalue weighted by atomic mass is 9.64. The minimum Gasteiger partial charge on any atom is -0.493 e. The number of urea groups is 1. The van der Waals surface area contributed by atoms with E-state index < -0.39 is 22.8 Å². The molecule has 0 aromatic heterocycles. The molecule has 3 aromatic carbocycles. The van der Waals surface area contributed by atoms with Crippen molar-refractivity contribution in [3.63, 3.8) is 0 Å². The molecule has 1 aliphatic heterocycles. The Morgan fingerprint density at radius 1 is 1.05 bits per heavy atom. The molecule has 5 rings (SSSR count). The highest BCUT2D eigenvalue weighted by molar-refractivity contribution is 6.31. The number of methoxy groups -OCH3 is 2. The molecule has 2 fully saturated rings. The average Bonchev–Trinajstić information content (AvgIpc) is 3.33. The lowest BCUT2D eigenvalue weighted by Gasteiger charge is -2.47. The molecular formula is C32H35ClF3N3O3. The van der Waals surface area contributed by atoms with Gasteiger partial charge in [0.05, 0.1) is 24.8 Å². The zero-order valence-corrected chi connectivity index (χ0v) is 24.6. The molecule has 1 aliphatic carbocycles. The minimum atomic E-state index is -4.63. The molecule has 0 bridgehead atoms. The van der Waals surface area contributed by atoms with Gasteiger partial charge in [0.1, 0.15) is 0 Å². The minimum absolute atomic E-state index is 0.0447. The number of carbonyl (C=O) groups is 1. The van der Waals surface area contributed by atoms with Gasteiger partial charge in [-0.3, -0.25) is 0 Å². The number of halogens is 4. The number of benzene rings is 3. The van der Waals surface area contributed by atoms with Crippen LogP contribution >= 0.6 is 11.6 Å².